The summed E-state index contributed by atoms with van der Waals surface area (Å²) in [5.41, 5.74) is -0.0663. The average molecular weight is 492 g/mol. The predicted octanol–water partition coefficient (Wildman–Crippen LogP) is 3.80. The van der Waals surface area contributed by atoms with E-state index in [1.807, 2.05) is 18.2 Å². The standard InChI is InChI=1S/C25H33NO7S/c1-18(2)23(24(28)32-17-19-10-8-7-9-11-19)26(16-22(27)33-25(3,4)5)34(29,30)21-14-12-20(31-6)13-15-21/h7-15,18,23H,16-17H2,1-6H3/t23-/m1/s1. The number of ether oxygens (including phenoxy) is 3. The lowest BCUT2D eigenvalue weighted by molar-refractivity contribution is -0.158. The minimum Gasteiger partial charge on any atom is -0.497 e. The van der Waals surface area contributed by atoms with Crippen LogP contribution in [0.15, 0.2) is 59.5 Å². The lowest BCUT2D eigenvalue weighted by atomic mass is 10.0. The molecule has 0 amide bonds. The number of methoxy groups -OCH3 is 1. The molecule has 1 atom stereocenters. The molecule has 34 heavy (non-hydrogen) atoms. The molecule has 0 heterocycles. The van der Waals surface area contributed by atoms with Gasteiger partial charge in [0.2, 0.25) is 10.0 Å². The third-order valence-corrected chi connectivity index (χ3v) is 6.62. The molecule has 0 fully saturated rings. The summed E-state index contributed by atoms with van der Waals surface area (Å²) in [5, 5.41) is 0. The minimum atomic E-state index is -4.27. The molecular formula is C25H33NO7S. The SMILES string of the molecule is COc1ccc(S(=O)(=O)N(CC(=O)OC(C)(C)C)[C@@H](C(=O)OCc2ccccc2)C(C)C)cc1. The molecule has 0 radical (unpaired) electrons. The highest BCUT2D eigenvalue weighted by molar-refractivity contribution is 7.89. The van der Waals surface area contributed by atoms with Crippen LogP contribution in [0.3, 0.4) is 0 Å². The van der Waals surface area contributed by atoms with Gasteiger partial charge >= 0.3 is 11.9 Å². The number of benzene rings is 2. The first-order valence-electron chi connectivity index (χ1n) is 10.9. The van der Waals surface area contributed by atoms with Crippen LogP contribution < -0.4 is 4.74 Å². The summed E-state index contributed by atoms with van der Waals surface area (Å²) in [4.78, 5) is 25.7. The van der Waals surface area contributed by atoms with Crippen molar-refractivity contribution in [3.05, 3.63) is 60.2 Å². The van der Waals surface area contributed by atoms with E-state index in [0.29, 0.717) is 5.75 Å². The molecule has 0 aliphatic carbocycles. The van der Waals surface area contributed by atoms with E-state index in [1.165, 1.54) is 31.4 Å². The quantitative estimate of drug-likeness (QED) is 0.466. The summed E-state index contributed by atoms with van der Waals surface area (Å²) in [7, 11) is -2.80. The van der Waals surface area contributed by atoms with Crippen molar-refractivity contribution in [2.24, 2.45) is 5.92 Å². The molecule has 9 heteroatoms. The molecule has 0 saturated heterocycles. The molecule has 2 aromatic rings. The van der Waals surface area contributed by atoms with Crippen molar-refractivity contribution < 1.29 is 32.2 Å². The van der Waals surface area contributed by atoms with E-state index in [9.17, 15) is 18.0 Å². The van der Waals surface area contributed by atoms with Crippen molar-refractivity contribution in [3.63, 3.8) is 0 Å². The lowest BCUT2D eigenvalue weighted by Gasteiger charge is -2.32. The maximum Gasteiger partial charge on any atom is 0.325 e. The van der Waals surface area contributed by atoms with Crippen molar-refractivity contribution in [2.75, 3.05) is 13.7 Å². The van der Waals surface area contributed by atoms with Crippen LogP contribution in [0.25, 0.3) is 0 Å². The van der Waals surface area contributed by atoms with E-state index < -0.39 is 46.1 Å². The Balaban J connectivity index is 2.42. The highest BCUT2D eigenvalue weighted by Gasteiger charge is 2.41. The number of nitrogens with zero attached hydrogens (tertiary/aromatic N) is 1. The van der Waals surface area contributed by atoms with E-state index in [-0.39, 0.29) is 11.5 Å². The van der Waals surface area contributed by atoms with Crippen LogP contribution in [0.4, 0.5) is 0 Å². The second-order valence-corrected chi connectivity index (χ2v) is 11.0. The molecule has 0 N–H and O–H groups in total. The number of hydrogen-bond acceptors (Lipinski definition) is 7. The summed E-state index contributed by atoms with van der Waals surface area (Å²) in [6.45, 7) is 7.77. The van der Waals surface area contributed by atoms with Crippen molar-refractivity contribution in [1.82, 2.24) is 4.31 Å². The maximum atomic E-state index is 13.6. The van der Waals surface area contributed by atoms with Gasteiger partial charge in [-0.2, -0.15) is 4.31 Å². The number of carbonyl (C=O) groups excluding carboxylic acids is 2. The van der Waals surface area contributed by atoms with Crippen LogP contribution in [0.5, 0.6) is 5.75 Å². The van der Waals surface area contributed by atoms with E-state index >= 15 is 0 Å². The Labute approximate surface area is 201 Å². The minimum absolute atomic E-state index is 0.0221. The highest BCUT2D eigenvalue weighted by atomic mass is 32.2. The van der Waals surface area contributed by atoms with Crippen LogP contribution in [0.1, 0.15) is 40.2 Å². The molecule has 0 aliphatic heterocycles. The van der Waals surface area contributed by atoms with Crippen LogP contribution >= 0.6 is 0 Å². The highest BCUT2D eigenvalue weighted by Crippen LogP contribution is 2.25. The van der Waals surface area contributed by atoms with Gasteiger partial charge in [-0.15, -0.1) is 0 Å². The Hall–Kier alpha value is -2.91. The van der Waals surface area contributed by atoms with Crippen LogP contribution in [-0.2, 0) is 35.7 Å². The normalized spacial score (nSPS) is 12.9. The van der Waals surface area contributed by atoms with Crippen LogP contribution in [0.2, 0.25) is 0 Å². The molecule has 8 nitrogen and oxygen atoms in total. The fourth-order valence-electron chi connectivity index (χ4n) is 3.25. The van der Waals surface area contributed by atoms with Gasteiger partial charge in [0.05, 0.1) is 12.0 Å². The van der Waals surface area contributed by atoms with Gasteiger partial charge in [0, 0.05) is 0 Å². The lowest BCUT2D eigenvalue weighted by Crippen LogP contribution is -2.51. The largest absolute Gasteiger partial charge is 0.497 e. The topological polar surface area (TPSA) is 99.2 Å². The second-order valence-electron chi connectivity index (χ2n) is 9.09. The molecule has 0 unspecified atom stereocenters. The summed E-state index contributed by atoms with van der Waals surface area (Å²) in [6.07, 6.45) is 0. The van der Waals surface area contributed by atoms with Gasteiger partial charge in [-0.25, -0.2) is 8.42 Å². The second kappa shape index (κ2) is 11.5. The third-order valence-electron chi connectivity index (χ3n) is 4.78. The fourth-order valence-corrected chi connectivity index (χ4v) is 4.91. The third kappa shape index (κ3) is 7.56. The van der Waals surface area contributed by atoms with Gasteiger partial charge in [-0.05, 0) is 56.5 Å². The summed E-state index contributed by atoms with van der Waals surface area (Å²) >= 11 is 0. The molecule has 186 valence electrons. The van der Waals surface area contributed by atoms with Gasteiger partial charge < -0.3 is 14.2 Å². The Bertz CT molecular complexity index is 1060. The van der Waals surface area contributed by atoms with E-state index in [0.717, 1.165) is 9.87 Å². The van der Waals surface area contributed by atoms with Crippen LogP contribution in [0, 0.1) is 5.92 Å². The number of rotatable bonds is 10. The Morgan fingerprint density at radius 2 is 1.56 bits per heavy atom. The van der Waals surface area contributed by atoms with E-state index in [2.05, 4.69) is 0 Å². The first-order chi connectivity index (χ1) is 15.8. The molecular weight excluding hydrogens is 458 g/mol. The predicted molar refractivity (Wildman–Crippen MR) is 128 cm³/mol. The van der Waals surface area contributed by atoms with Gasteiger partial charge in [0.1, 0.15) is 30.5 Å². The number of sulfonamides is 1. The number of carbonyl (C=O) groups is 2. The number of hydrogen-bond donors (Lipinski definition) is 0. The summed E-state index contributed by atoms with van der Waals surface area (Å²) in [5.74, 6) is -1.54. The Morgan fingerprint density at radius 1 is 0.971 bits per heavy atom. The summed E-state index contributed by atoms with van der Waals surface area (Å²) in [6, 6.07) is 13.5. The van der Waals surface area contributed by atoms with E-state index in [1.54, 1.807) is 46.8 Å². The molecule has 0 aromatic heterocycles. The Kier molecular flexibility index (Phi) is 9.23. The van der Waals surface area contributed by atoms with Gasteiger partial charge in [-0.1, -0.05) is 44.2 Å². The Morgan fingerprint density at radius 3 is 2.06 bits per heavy atom. The maximum absolute atomic E-state index is 13.6. The van der Waals surface area contributed by atoms with Gasteiger partial charge in [0.15, 0.2) is 0 Å². The van der Waals surface area contributed by atoms with Crippen LogP contribution in [-0.4, -0.2) is 50.0 Å². The number of esters is 2. The van der Waals surface area contributed by atoms with Crippen molar-refractivity contribution >= 4 is 22.0 Å². The molecule has 0 aliphatic rings. The molecule has 0 bridgehead atoms. The smallest absolute Gasteiger partial charge is 0.325 e. The molecule has 0 spiro atoms. The zero-order chi connectivity index (χ0) is 25.5. The van der Waals surface area contributed by atoms with Crippen molar-refractivity contribution in [1.29, 1.82) is 0 Å². The fraction of sp³-hybridized carbons (Fsp3) is 0.440. The summed E-state index contributed by atoms with van der Waals surface area (Å²) < 4.78 is 44.0. The molecule has 2 rings (SSSR count). The average Bonchev–Trinajstić information content (AvgIpc) is 2.76. The first-order valence-corrected chi connectivity index (χ1v) is 12.4. The zero-order valence-electron chi connectivity index (χ0n) is 20.5. The van der Waals surface area contributed by atoms with E-state index in [4.69, 9.17) is 14.2 Å². The molecule has 0 saturated carbocycles. The van der Waals surface area contributed by atoms with Crippen molar-refractivity contribution in [2.45, 2.75) is 57.8 Å². The molecule has 2 aromatic carbocycles. The monoisotopic (exact) mass is 491 g/mol. The van der Waals surface area contributed by atoms with Crippen molar-refractivity contribution in [3.8, 4) is 5.75 Å². The van der Waals surface area contributed by atoms with Gasteiger partial charge in [0.25, 0.3) is 0 Å². The first kappa shape index (κ1) is 27.3. The zero-order valence-corrected chi connectivity index (χ0v) is 21.3. The van der Waals surface area contributed by atoms with Gasteiger partial charge in [-0.3, -0.25) is 9.59 Å².